The van der Waals surface area contributed by atoms with Crippen LogP contribution in [0, 0.1) is 5.41 Å². The zero-order valence-corrected chi connectivity index (χ0v) is 9.92. The van der Waals surface area contributed by atoms with Crippen molar-refractivity contribution >= 4 is 0 Å². The number of nitrogens with zero attached hydrogens (tertiary/aromatic N) is 1. The van der Waals surface area contributed by atoms with Crippen molar-refractivity contribution < 1.29 is 5.11 Å². The molecule has 2 heteroatoms. The van der Waals surface area contributed by atoms with E-state index in [2.05, 4.69) is 25.7 Å². The van der Waals surface area contributed by atoms with Gasteiger partial charge in [0, 0.05) is 12.6 Å². The van der Waals surface area contributed by atoms with E-state index < -0.39 is 0 Å². The first kappa shape index (κ1) is 12.0. The zero-order chi connectivity index (χ0) is 10.6. The Kier molecular flexibility index (Phi) is 4.39. The molecular weight excluding hydrogens is 174 g/mol. The van der Waals surface area contributed by atoms with E-state index in [1.165, 1.54) is 32.4 Å². The molecule has 1 N–H and O–H groups in total. The van der Waals surface area contributed by atoms with Gasteiger partial charge < -0.3 is 10.0 Å². The number of aliphatic hydroxyl groups is 1. The van der Waals surface area contributed by atoms with Crippen molar-refractivity contribution in [3.8, 4) is 0 Å². The lowest BCUT2D eigenvalue weighted by Crippen LogP contribution is -2.40. The van der Waals surface area contributed by atoms with Gasteiger partial charge >= 0.3 is 0 Å². The lowest BCUT2D eigenvalue weighted by Gasteiger charge is -2.36. The lowest BCUT2D eigenvalue weighted by molar-refractivity contribution is 0.0895. The third-order valence-corrected chi connectivity index (χ3v) is 3.29. The van der Waals surface area contributed by atoms with Gasteiger partial charge in [-0.05, 0) is 44.7 Å². The highest BCUT2D eigenvalue weighted by Crippen LogP contribution is 2.25. The molecule has 0 bridgehead atoms. The highest BCUT2D eigenvalue weighted by molar-refractivity contribution is 4.78. The summed E-state index contributed by atoms with van der Waals surface area (Å²) in [6, 6.07) is 0.623. The smallest absolute Gasteiger partial charge is 0.0482 e. The zero-order valence-electron chi connectivity index (χ0n) is 9.92. The van der Waals surface area contributed by atoms with Crippen molar-refractivity contribution in [2.75, 3.05) is 19.7 Å². The van der Waals surface area contributed by atoms with Crippen LogP contribution in [-0.2, 0) is 0 Å². The van der Waals surface area contributed by atoms with E-state index >= 15 is 0 Å². The second-order valence-electron chi connectivity index (χ2n) is 5.47. The summed E-state index contributed by atoms with van der Waals surface area (Å²) in [5.74, 6) is 0. The number of aliphatic hydroxyl groups excluding tert-OH is 1. The predicted molar refractivity (Wildman–Crippen MR) is 60.4 cm³/mol. The number of likely N-dealkylation sites (tertiary alicyclic amines) is 1. The van der Waals surface area contributed by atoms with Gasteiger partial charge in [-0.3, -0.25) is 0 Å². The topological polar surface area (TPSA) is 23.5 Å². The van der Waals surface area contributed by atoms with Crippen molar-refractivity contribution in [1.29, 1.82) is 0 Å². The maximum atomic E-state index is 9.22. The van der Waals surface area contributed by atoms with Crippen LogP contribution < -0.4 is 0 Å². The quantitative estimate of drug-likeness (QED) is 0.751. The summed E-state index contributed by atoms with van der Waals surface area (Å²) in [6.45, 7) is 9.39. The maximum absolute atomic E-state index is 9.22. The fourth-order valence-corrected chi connectivity index (χ4v) is 2.35. The molecule has 1 unspecified atom stereocenters. The summed E-state index contributed by atoms with van der Waals surface area (Å²) in [6.07, 6.45) is 5.20. The third-order valence-electron chi connectivity index (χ3n) is 3.29. The number of rotatable bonds is 4. The summed E-state index contributed by atoms with van der Waals surface area (Å²) in [5, 5.41) is 9.22. The predicted octanol–water partition coefficient (Wildman–Crippen LogP) is 2.27. The highest BCUT2D eigenvalue weighted by Gasteiger charge is 2.24. The Hall–Kier alpha value is -0.0800. The Morgan fingerprint density at radius 3 is 2.29 bits per heavy atom. The average molecular weight is 199 g/mol. The SMILES string of the molecule is CC(CC(C)(C)CO)N1CCCCC1. The molecule has 1 aliphatic heterocycles. The Balaban J connectivity index is 2.36. The normalized spacial score (nSPS) is 22.3. The van der Waals surface area contributed by atoms with E-state index in [0.717, 1.165) is 6.42 Å². The minimum atomic E-state index is 0.0802. The molecule has 1 aliphatic rings. The first-order valence-corrected chi connectivity index (χ1v) is 5.90. The van der Waals surface area contributed by atoms with Crippen molar-refractivity contribution in [3.05, 3.63) is 0 Å². The molecular formula is C12H25NO. The summed E-state index contributed by atoms with van der Waals surface area (Å²) < 4.78 is 0. The molecule has 0 spiro atoms. The molecule has 0 aromatic heterocycles. The summed E-state index contributed by atoms with van der Waals surface area (Å²) in [5.41, 5.74) is 0.0802. The molecule has 1 saturated heterocycles. The summed E-state index contributed by atoms with van der Waals surface area (Å²) in [4.78, 5) is 2.57. The molecule has 84 valence electrons. The van der Waals surface area contributed by atoms with Crippen LogP contribution in [0.3, 0.4) is 0 Å². The first-order chi connectivity index (χ1) is 6.55. The molecule has 14 heavy (non-hydrogen) atoms. The minimum absolute atomic E-state index is 0.0802. The van der Waals surface area contributed by atoms with E-state index in [1.807, 2.05) is 0 Å². The molecule has 0 saturated carbocycles. The van der Waals surface area contributed by atoms with Gasteiger partial charge in [0.25, 0.3) is 0 Å². The monoisotopic (exact) mass is 199 g/mol. The first-order valence-electron chi connectivity index (χ1n) is 5.90. The number of piperidine rings is 1. The molecule has 2 nitrogen and oxygen atoms in total. The maximum Gasteiger partial charge on any atom is 0.0482 e. The fourth-order valence-electron chi connectivity index (χ4n) is 2.35. The summed E-state index contributed by atoms with van der Waals surface area (Å²) in [7, 11) is 0. The van der Waals surface area contributed by atoms with Crippen molar-refractivity contribution in [1.82, 2.24) is 4.90 Å². The molecule has 0 aliphatic carbocycles. The Morgan fingerprint density at radius 1 is 1.21 bits per heavy atom. The van der Waals surface area contributed by atoms with Crippen molar-refractivity contribution in [3.63, 3.8) is 0 Å². The largest absolute Gasteiger partial charge is 0.396 e. The van der Waals surface area contributed by atoms with Crippen LogP contribution in [0.2, 0.25) is 0 Å². The van der Waals surface area contributed by atoms with Crippen LogP contribution in [0.15, 0.2) is 0 Å². The Labute approximate surface area is 88.3 Å². The van der Waals surface area contributed by atoms with Crippen LogP contribution in [-0.4, -0.2) is 35.7 Å². The Bertz CT molecular complexity index is 162. The van der Waals surface area contributed by atoms with Crippen LogP contribution in [0.1, 0.15) is 46.5 Å². The van der Waals surface area contributed by atoms with Crippen molar-refractivity contribution in [2.24, 2.45) is 5.41 Å². The van der Waals surface area contributed by atoms with Gasteiger partial charge in [-0.1, -0.05) is 20.3 Å². The molecule has 0 amide bonds. The minimum Gasteiger partial charge on any atom is -0.396 e. The van der Waals surface area contributed by atoms with Gasteiger partial charge in [0.2, 0.25) is 0 Å². The molecule has 1 rings (SSSR count). The molecule has 0 radical (unpaired) electrons. The molecule has 1 fully saturated rings. The van der Waals surface area contributed by atoms with Gasteiger partial charge in [0.1, 0.15) is 0 Å². The second-order valence-corrected chi connectivity index (χ2v) is 5.47. The summed E-state index contributed by atoms with van der Waals surface area (Å²) >= 11 is 0. The Morgan fingerprint density at radius 2 is 1.79 bits per heavy atom. The molecule has 1 heterocycles. The lowest BCUT2D eigenvalue weighted by atomic mass is 9.86. The fraction of sp³-hybridized carbons (Fsp3) is 1.00. The standard InChI is InChI=1S/C12H25NO/c1-11(9-12(2,3)10-14)13-7-5-4-6-8-13/h11,14H,4-10H2,1-3H3. The molecule has 0 aromatic rings. The highest BCUT2D eigenvalue weighted by atomic mass is 16.3. The van der Waals surface area contributed by atoms with Crippen LogP contribution in [0.5, 0.6) is 0 Å². The van der Waals surface area contributed by atoms with Gasteiger partial charge in [0.05, 0.1) is 0 Å². The van der Waals surface area contributed by atoms with Crippen LogP contribution in [0.4, 0.5) is 0 Å². The number of hydrogen-bond donors (Lipinski definition) is 1. The van der Waals surface area contributed by atoms with E-state index in [4.69, 9.17) is 0 Å². The van der Waals surface area contributed by atoms with Crippen molar-refractivity contribution in [2.45, 2.75) is 52.5 Å². The molecule has 0 aromatic carbocycles. The van der Waals surface area contributed by atoms with E-state index in [0.29, 0.717) is 12.6 Å². The second kappa shape index (κ2) is 5.13. The van der Waals surface area contributed by atoms with Gasteiger partial charge in [-0.2, -0.15) is 0 Å². The third kappa shape index (κ3) is 3.58. The van der Waals surface area contributed by atoms with Gasteiger partial charge in [-0.15, -0.1) is 0 Å². The van der Waals surface area contributed by atoms with Gasteiger partial charge in [0.15, 0.2) is 0 Å². The molecule has 1 atom stereocenters. The average Bonchev–Trinajstić information content (AvgIpc) is 2.19. The number of hydrogen-bond acceptors (Lipinski definition) is 2. The van der Waals surface area contributed by atoms with Gasteiger partial charge in [-0.25, -0.2) is 0 Å². The van der Waals surface area contributed by atoms with E-state index in [1.54, 1.807) is 0 Å². The van der Waals surface area contributed by atoms with Crippen LogP contribution >= 0.6 is 0 Å². The van der Waals surface area contributed by atoms with Crippen LogP contribution in [0.25, 0.3) is 0 Å². The van der Waals surface area contributed by atoms with E-state index in [-0.39, 0.29) is 5.41 Å². The van der Waals surface area contributed by atoms with E-state index in [9.17, 15) is 5.11 Å².